The molecule has 0 unspecified atom stereocenters. The number of hydrogen-bond donors (Lipinski definition) is 2. The number of carbonyl (C=O) groups excluding carboxylic acids is 1. The summed E-state index contributed by atoms with van der Waals surface area (Å²) in [6.45, 7) is -0.291. The third-order valence-electron chi connectivity index (χ3n) is 3.80. The molecule has 0 aromatic heterocycles. The Bertz CT molecular complexity index is 1150. The quantitative estimate of drug-likeness (QED) is 0.513. The molecule has 156 valence electrons. The van der Waals surface area contributed by atoms with Crippen LogP contribution in [0.2, 0.25) is 10.0 Å². The smallest absolute Gasteiger partial charge is 0.262 e. The summed E-state index contributed by atoms with van der Waals surface area (Å²) in [4.78, 5) is 12.0. The maximum absolute atomic E-state index is 12.9. The fourth-order valence-electron chi connectivity index (χ4n) is 2.37. The van der Waals surface area contributed by atoms with Crippen LogP contribution in [0.15, 0.2) is 71.6 Å². The van der Waals surface area contributed by atoms with Gasteiger partial charge in [-0.25, -0.2) is 12.8 Å². The van der Waals surface area contributed by atoms with Crippen LogP contribution in [0.4, 0.5) is 15.8 Å². The second-order valence-corrected chi connectivity index (χ2v) is 8.55. The number of sulfonamides is 1. The van der Waals surface area contributed by atoms with Crippen LogP contribution in [0.5, 0.6) is 5.75 Å². The highest BCUT2D eigenvalue weighted by molar-refractivity contribution is 7.92. The SMILES string of the molecule is O=C(COc1ccc(S(=O)(=O)Nc2ccc(F)cc2)cc1)Nc1ccc(Cl)c(Cl)c1. The molecule has 3 rings (SSSR count). The molecular formula is C20H15Cl2FN2O4S. The largest absolute Gasteiger partial charge is 0.484 e. The van der Waals surface area contributed by atoms with Gasteiger partial charge in [0.05, 0.1) is 14.9 Å². The predicted octanol–water partition coefficient (Wildman–Crippen LogP) is 4.95. The van der Waals surface area contributed by atoms with Crippen molar-refractivity contribution in [2.75, 3.05) is 16.6 Å². The average molecular weight is 469 g/mol. The molecule has 10 heteroatoms. The molecule has 0 radical (unpaired) electrons. The lowest BCUT2D eigenvalue weighted by Gasteiger charge is -2.10. The van der Waals surface area contributed by atoms with Gasteiger partial charge in [-0.3, -0.25) is 9.52 Å². The van der Waals surface area contributed by atoms with Crippen LogP contribution in [0.25, 0.3) is 0 Å². The van der Waals surface area contributed by atoms with E-state index >= 15 is 0 Å². The molecule has 1 amide bonds. The molecular weight excluding hydrogens is 454 g/mol. The first-order valence-corrected chi connectivity index (χ1v) is 10.7. The molecule has 30 heavy (non-hydrogen) atoms. The van der Waals surface area contributed by atoms with E-state index in [-0.39, 0.29) is 17.2 Å². The van der Waals surface area contributed by atoms with E-state index in [9.17, 15) is 17.6 Å². The Labute approximate surface area is 182 Å². The Morgan fingerprint density at radius 1 is 0.900 bits per heavy atom. The summed E-state index contributed by atoms with van der Waals surface area (Å²) >= 11 is 11.7. The summed E-state index contributed by atoms with van der Waals surface area (Å²) in [5.74, 6) is -0.592. The molecule has 0 spiro atoms. The molecule has 0 saturated heterocycles. The van der Waals surface area contributed by atoms with E-state index < -0.39 is 21.7 Å². The van der Waals surface area contributed by atoms with Gasteiger partial charge in [0, 0.05) is 11.4 Å². The Kier molecular flexibility index (Phi) is 6.81. The zero-order valence-electron chi connectivity index (χ0n) is 15.2. The predicted molar refractivity (Wildman–Crippen MR) is 114 cm³/mol. The third-order valence-corrected chi connectivity index (χ3v) is 5.94. The fourth-order valence-corrected chi connectivity index (χ4v) is 3.72. The topological polar surface area (TPSA) is 84.5 Å². The number of hydrogen-bond acceptors (Lipinski definition) is 4. The van der Waals surface area contributed by atoms with Crippen molar-refractivity contribution in [2.45, 2.75) is 4.90 Å². The number of benzene rings is 3. The molecule has 3 aromatic carbocycles. The minimum Gasteiger partial charge on any atom is -0.484 e. The molecule has 0 aliphatic heterocycles. The molecule has 0 fully saturated rings. The monoisotopic (exact) mass is 468 g/mol. The van der Waals surface area contributed by atoms with E-state index in [4.69, 9.17) is 27.9 Å². The minimum absolute atomic E-state index is 0.0144. The van der Waals surface area contributed by atoms with E-state index in [1.807, 2.05) is 0 Å². The normalized spacial score (nSPS) is 11.0. The van der Waals surface area contributed by atoms with Crippen molar-refractivity contribution < 1.29 is 22.3 Å². The third kappa shape index (κ3) is 5.85. The van der Waals surface area contributed by atoms with Crippen LogP contribution in [-0.4, -0.2) is 20.9 Å². The summed E-state index contributed by atoms with van der Waals surface area (Å²) < 4.78 is 45.4. The summed E-state index contributed by atoms with van der Waals surface area (Å²) in [5, 5.41) is 3.28. The molecule has 2 N–H and O–H groups in total. The Morgan fingerprint density at radius 3 is 2.17 bits per heavy atom. The Hall–Kier alpha value is -2.81. The second kappa shape index (κ2) is 9.34. The standard InChI is InChI=1S/C20H15Cl2FN2O4S/c21-18-10-5-15(11-19(18)22)24-20(26)12-29-16-6-8-17(9-7-16)30(27,28)25-14-3-1-13(23)2-4-14/h1-11,25H,12H2,(H,24,26). The van der Waals surface area contributed by atoms with Gasteiger partial charge in [0.2, 0.25) is 0 Å². The van der Waals surface area contributed by atoms with E-state index in [2.05, 4.69) is 10.0 Å². The number of halogens is 3. The Balaban J connectivity index is 1.57. The lowest BCUT2D eigenvalue weighted by atomic mass is 10.3. The molecule has 0 bridgehead atoms. The number of anilines is 2. The zero-order valence-corrected chi connectivity index (χ0v) is 17.6. The summed E-state index contributed by atoms with van der Waals surface area (Å²) in [6.07, 6.45) is 0. The van der Waals surface area contributed by atoms with Gasteiger partial charge in [0.1, 0.15) is 11.6 Å². The van der Waals surface area contributed by atoms with Crippen LogP contribution in [-0.2, 0) is 14.8 Å². The van der Waals surface area contributed by atoms with Crippen LogP contribution in [0.1, 0.15) is 0 Å². The Morgan fingerprint density at radius 2 is 1.53 bits per heavy atom. The van der Waals surface area contributed by atoms with Gasteiger partial charge < -0.3 is 10.1 Å². The van der Waals surface area contributed by atoms with E-state index in [0.29, 0.717) is 21.5 Å². The molecule has 0 saturated carbocycles. The van der Waals surface area contributed by atoms with Crippen LogP contribution >= 0.6 is 23.2 Å². The van der Waals surface area contributed by atoms with Crippen LogP contribution < -0.4 is 14.8 Å². The number of ether oxygens (including phenoxy) is 1. The van der Waals surface area contributed by atoms with Crippen LogP contribution in [0, 0.1) is 5.82 Å². The molecule has 0 aliphatic carbocycles. The molecule has 0 aliphatic rings. The molecule has 6 nitrogen and oxygen atoms in total. The lowest BCUT2D eigenvalue weighted by Crippen LogP contribution is -2.20. The van der Waals surface area contributed by atoms with Gasteiger partial charge in [0.15, 0.2) is 6.61 Å². The van der Waals surface area contributed by atoms with Crippen LogP contribution in [0.3, 0.4) is 0 Å². The maximum Gasteiger partial charge on any atom is 0.262 e. The van der Waals surface area contributed by atoms with Gasteiger partial charge >= 0.3 is 0 Å². The minimum atomic E-state index is -3.85. The second-order valence-electron chi connectivity index (χ2n) is 6.05. The zero-order chi connectivity index (χ0) is 21.7. The highest BCUT2D eigenvalue weighted by atomic mass is 35.5. The molecule has 0 heterocycles. The van der Waals surface area contributed by atoms with Gasteiger partial charge in [-0.15, -0.1) is 0 Å². The first-order chi connectivity index (χ1) is 14.2. The van der Waals surface area contributed by atoms with Crippen molar-refractivity contribution in [1.29, 1.82) is 0 Å². The van der Waals surface area contributed by atoms with Crippen molar-refractivity contribution >= 4 is 50.5 Å². The molecule has 0 atom stereocenters. The van der Waals surface area contributed by atoms with E-state index in [1.54, 1.807) is 12.1 Å². The fraction of sp³-hybridized carbons (Fsp3) is 0.0500. The average Bonchev–Trinajstić information content (AvgIpc) is 2.71. The number of nitrogens with one attached hydrogen (secondary N) is 2. The highest BCUT2D eigenvalue weighted by Gasteiger charge is 2.14. The van der Waals surface area contributed by atoms with Crippen molar-refractivity contribution in [3.63, 3.8) is 0 Å². The van der Waals surface area contributed by atoms with Gasteiger partial charge in [-0.05, 0) is 66.7 Å². The summed E-state index contributed by atoms with van der Waals surface area (Å²) in [6, 6.07) is 15.1. The van der Waals surface area contributed by atoms with Gasteiger partial charge in [-0.1, -0.05) is 23.2 Å². The van der Waals surface area contributed by atoms with Crippen molar-refractivity contribution in [3.05, 3.63) is 82.6 Å². The first-order valence-electron chi connectivity index (χ1n) is 8.49. The highest BCUT2D eigenvalue weighted by Crippen LogP contribution is 2.25. The molecule has 3 aromatic rings. The van der Waals surface area contributed by atoms with Gasteiger partial charge in [0.25, 0.3) is 15.9 Å². The van der Waals surface area contributed by atoms with Crippen molar-refractivity contribution in [2.24, 2.45) is 0 Å². The maximum atomic E-state index is 12.9. The van der Waals surface area contributed by atoms with E-state index in [1.165, 1.54) is 42.5 Å². The summed E-state index contributed by atoms with van der Waals surface area (Å²) in [5.41, 5.74) is 0.696. The number of rotatable bonds is 7. The van der Waals surface area contributed by atoms with Crippen molar-refractivity contribution in [1.82, 2.24) is 0 Å². The summed E-state index contributed by atoms with van der Waals surface area (Å²) in [7, 11) is -3.85. The first kappa shape index (κ1) is 21.9. The van der Waals surface area contributed by atoms with Gasteiger partial charge in [-0.2, -0.15) is 0 Å². The lowest BCUT2D eigenvalue weighted by molar-refractivity contribution is -0.118. The van der Waals surface area contributed by atoms with E-state index in [0.717, 1.165) is 12.1 Å². The number of carbonyl (C=O) groups is 1. The van der Waals surface area contributed by atoms with Crippen molar-refractivity contribution in [3.8, 4) is 5.75 Å². The number of amides is 1.